The van der Waals surface area contributed by atoms with Crippen LogP contribution in [0.25, 0.3) is 0 Å². The van der Waals surface area contributed by atoms with E-state index >= 15 is 0 Å². The summed E-state index contributed by atoms with van der Waals surface area (Å²) in [5, 5.41) is 8.65. The number of ketones is 1. The Morgan fingerprint density at radius 1 is 1.38 bits per heavy atom. The summed E-state index contributed by atoms with van der Waals surface area (Å²) in [6, 6.07) is 5.58. The maximum absolute atomic E-state index is 11.4. The van der Waals surface area contributed by atoms with Crippen molar-refractivity contribution in [1.29, 1.82) is 0 Å². The van der Waals surface area contributed by atoms with Gasteiger partial charge in [-0.25, -0.2) is 0 Å². The number of aliphatic hydroxyl groups excluding tert-OH is 1. The Morgan fingerprint density at radius 2 is 1.92 bits per heavy atom. The van der Waals surface area contributed by atoms with Crippen LogP contribution in [0.1, 0.15) is 10.4 Å². The molecule has 0 saturated carbocycles. The number of Topliss-reactive ketones (excluding diaryl/α,β-unsaturated/α-hetero) is 1. The van der Waals surface area contributed by atoms with Crippen LogP contribution in [0.2, 0.25) is 0 Å². The average molecular weight is 180 g/mol. The third kappa shape index (κ3) is 2.27. The van der Waals surface area contributed by atoms with Gasteiger partial charge < -0.3 is 16.6 Å². The van der Waals surface area contributed by atoms with Crippen molar-refractivity contribution in [2.24, 2.45) is 5.73 Å². The lowest BCUT2D eigenvalue weighted by atomic mass is 10.1. The van der Waals surface area contributed by atoms with Gasteiger partial charge in [0.1, 0.15) is 0 Å². The largest absolute Gasteiger partial charge is 0.399 e. The standard InChI is InChI=1S/C9H12N2O2/c10-7-3-1-6(2-4-7)9(13)8(11)5-12/h1-4,8,12H,5,10-11H2. The van der Waals surface area contributed by atoms with Crippen molar-refractivity contribution in [1.82, 2.24) is 0 Å². The molecule has 1 aromatic carbocycles. The zero-order valence-corrected chi connectivity index (χ0v) is 7.10. The summed E-state index contributed by atoms with van der Waals surface area (Å²) in [5.41, 5.74) is 11.9. The fourth-order valence-electron chi connectivity index (χ4n) is 0.944. The Labute approximate surface area is 76.2 Å². The Hall–Kier alpha value is -1.39. The molecule has 70 valence electrons. The van der Waals surface area contributed by atoms with Gasteiger partial charge in [-0.05, 0) is 24.3 Å². The fraction of sp³-hybridized carbons (Fsp3) is 0.222. The lowest BCUT2D eigenvalue weighted by Crippen LogP contribution is -2.33. The van der Waals surface area contributed by atoms with Crippen LogP contribution in [0.15, 0.2) is 24.3 Å². The van der Waals surface area contributed by atoms with Crippen molar-refractivity contribution in [2.45, 2.75) is 6.04 Å². The van der Waals surface area contributed by atoms with Crippen LogP contribution in [-0.2, 0) is 0 Å². The van der Waals surface area contributed by atoms with Gasteiger partial charge in [-0.3, -0.25) is 4.79 Å². The van der Waals surface area contributed by atoms with Gasteiger partial charge >= 0.3 is 0 Å². The van der Waals surface area contributed by atoms with E-state index in [1.165, 1.54) is 0 Å². The number of benzene rings is 1. The average Bonchev–Trinajstić information content (AvgIpc) is 2.17. The molecule has 4 heteroatoms. The number of rotatable bonds is 3. The first kappa shape index (κ1) is 9.70. The van der Waals surface area contributed by atoms with Crippen molar-refractivity contribution in [3.8, 4) is 0 Å². The van der Waals surface area contributed by atoms with E-state index in [4.69, 9.17) is 16.6 Å². The first-order valence-electron chi connectivity index (χ1n) is 3.91. The number of nitrogens with two attached hydrogens (primary N) is 2. The Kier molecular flexibility index (Phi) is 3.00. The first-order valence-corrected chi connectivity index (χ1v) is 3.91. The molecule has 0 aliphatic rings. The molecule has 0 heterocycles. The van der Waals surface area contributed by atoms with E-state index in [1.54, 1.807) is 24.3 Å². The SMILES string of the molecule is Nc1ccc(C(=O)C(N)CO)cc1. The molecular formula is C9H12N2O2. The molecule has 0 radical (unpaired) electrons. The van der Waals surface area contributed by atoms with E-state index in [2.05, 4.69) is 0 Å². The van der Waals surface area contributed by atoms with Gasteiger partial charge in [-0.1, -0.05) is 0 Å². The number of anilines is 1. The second-order valence-corrected chi connectivity index (χ2v) is 2.78. The molecule has 4 nitrogen and oxygen atoms in total. The van der Waals surface area contributed by atoms with Crippen LogP contribution in [0.3, 0.4) is 0 Å². The molecule has 1 unspecified atom stereocenters. The number of carbonyl (C=O) groups is 1. The lowest BCUT2D eigenvalue weighted by Gasteiger charge is -2.06. The van der Waals surface area contributed by atoms with E-state index in [1.807, 2.05) is 0 Å². The minimum atomic E-state index is -0.844. The highest BCUT2D eigenvalue weighted by Gasteiger charge is 2.13. The summed E-state index contributed by atoms with van der Waals surface area (Å²) in [6.45, 7) is -0.344. The van der Waals surface area contributed by atoms with Crippen LogP contribution >= 0.6 is 0 Å². The van der Waals surface area contributed by atoms with E-state index in [0.29, 0.717) is 11.3 Å². The minimum absolute atomic E-state index is 0.275. The molecule has 13 heavy (non-hydrogen) atoms. The Balaban J connectivity index is 2.83. The van der Waals surface area contributed by atoms with E-state index in [9.17, 15) is 4.79 Å². The van der Waals surface area contributed by atoms with Crippen molar-refractivity contribution >= 4 is 11.5 Å². The summed E-state index contributed by atoms with van der Waals surface area (Å²) in [6.07, 6.45) is 0. The number of aliphatic hydroxyl groups is 1. The maximum atomic E-state index is 11.4. The predicted molar refractivity (Wildman–Crippen MR) is 50.2 cm³/mol. The lowest BCUT2D eigenvalue weighted by molar-refractivity contribution is 0.0925. The van der Waals surface area contributed by atoms with Gasteiger partial charge in [0.05, 0.1) is 12.6 Å². The quantitative estimate of drug-likeness (QED) is 0.443. The summed E-state index contributed by atoms with van der Waals surface area (Å²) in [5.74, 6) is -0.275. The number of carbonyl (C=O) groups excluding carboxylic acids is 1. The second-order valence-electron chi connectivity index (χ2n) is 2.78. The van der Waals surface area contributed by atoms with Crippen molar-refractivity contribution in [3.63, 3.8) is 0 Å². The smallest absolute Gasteiger partial charge is 0.181 e. The topological polar surface area (TPSA) is 89.3 Å². The number of hydrogen-bond acceptors (Lipinski definition) is 4. The minimum Gasteiger partial charge on any atom is -0.399 e. The van der Waals surface area contributed by atoms with Crippen molar-refractivity contribution < 1.29 is 9.90 Å². The van der Waals surface area contributed by atoms with Crippen LogP contribution in [0.4, 0.5) is 5.69 Å². The molecule has 0 spiro atoms. The molecule has 0 aliphatic carbocycles. The fourth-order valence-corrected chi connectivity index (χ4v) is 0.944. The van der Waals surface area contributed by atoms with E-state index in [0.717, 1.165) is 0 Å². The van der Waals surface area contributed by atoms with Crippen LogP contribution in [-0.4, -0.2) is 23.5 Å². The molecule has 0 saturated heterocycles. The van der Waals surface area contributed by atoms with Gasteiger partial charge in [0.2, 0.25) is 0 Å². The molecular weight excluding hydrogens is 168 g/mol. The van der Waals surface area contributed by atoms with E-state index < -0.39 is 6.04 Å². The van der Waals surface area contributed by atoms with Gasteiger partial charge in [-0.15, -0.1) is 0 Å². The summed E-state index contributed by atoms with van der Waals surface area (Å²) < 4.78 is 0. The highest BCUT2D eigenvalue weighted by Crippen LogP contribution is 2.07. The molecule has 0 fully saturated rings. The Bertz CT molecular complexity index is 295. The van der Waals surface area contributed by atoms with Gasteiger partial charge in [0.25, 0.3) is 0 Å². The zero-order valence-electron chi connectivity index (χ0n) is 7.10. The van der Waals surface area contributed by atoms with E-state index in [-0.39, 0.29) is 12.4 Å². The predicted octanol–water partition coefficient (Wildman–Crippen LogP) is -0.229. The number of hydrogen-bond donors (Lipinski definition) is 3. The monoisotopic (exact) mass is 180 g/mol. The first-order chi connectivity index (χ1) is 6.15. The molecule has 0 amide bonds. The molecule has 1 rings (SSSR count). The van der Waals surface area contributed by atoms with Crippen LogP contribution in [0.5, 0.6) is 0 Å². The summed E-state index contributed by atoms with van der Waals surface area (Å²) in [4.78, 5) is 11.4. The normalized spacial score (nSPS) is 12.5. The molecule has 0 bridgehead atoms. The molecule has 0 aromatic heterocycles. The highest BCUT2D eigenvalue weighted by atomic mass is 16.3. The van der Waals surface area contributed by atoms with Gasteiger partial charge in [0, 0.05) is 11.3 Å². The van der Waals surface area contributed by atoms with Crippen LogP contribution < -0.4 is 11.5 Å². The van der Waals surface area contributed by atoms with Crippen LogP contribution in [0, 0.1) is 0 Å². The highest BCUT2D eigenvalue weighted by molar-refractivity contribution is 6.00. The molecule has 0 aliphatic heterocycles. The molecule has 1 aromatic rings. The molecule has 5 N–H and O–H groups in total. The van der Waals surface area contributed by atoms with Crippen molar-refractivity contribution in [2.75, 3.05) is 12.3 Å². The van der Waals surface area contributed by atoms with Crippen molar-refractivity contribution in [3.05, 3.63) is 29.8 Å². The number of nitrogen functional groups attached to an aromatic ring is 1. The van der Waals surface area contributed by atoms with Gasteiger partial charge in [-0.2, -0.15) is 0 Å². The summed E-state index contributed by atoms with van der Waals surface area (Å²) in [7, 11) is 0. The zero-order chi connectivity index (χ0) is 9.84. The maximum Gasteiger partial charge on any atom is 0.181 e. The third-order valence-corrected chi connectivity index (χ3v) is 1.73. The Morgan fingerprint density at radius 3 is 2.38 bits per heavy atom. The van der Waals surface area contributed by atoms with Gasteiger partial charge in [0.15, 0.2) is 5.78 Å². The summed E-state index contributed by atoms with van der Waals surface area (Å²) >= 11 is 0. The molecule has 1 atom stereocenters. The second kappa shape index (κ2) is 4.02. The third-order valence-electron chi connectivity index (χ3n) is 1.73.